The standard InChI is InChI=1S/C15H19F2NO3/c1-4-8(2)13(15(20)21)18-14(19)9(3)12-10(16)6-5-7-11(12)17/h5-9,13H,4H2,1-3H3,(H,18,19)(H,20,21)/t8-,9?,13-/m0/s1. The SMILES string of the molecule is CC[C@H](C)[C@H](NC(=O)C(C)c1c(F)cccc1F)C(=O)O. The Morgan fingerprint density at radius 3 is 2.19 bits per heavy atom. The molecule has 0 bridgehead atoms. The first-order valence-corrected chi connectivity index (χ1v) is 6.76. The highest BCUT2D eigenvalue weighted by Crippen LogP contribution is 2.23. The van der Waals surface area contributed by atoms with Crippen molar-refractivity contribution in [3.63, 3.8) is 0 Å². The van der Waals surface area contributed by atoms with Gasteiger partial charge in [-0.05, 0) is 25.0 Å². The van der Waals surface area contributed by atoms with Gasteiger partial charge in [-0.15, -0.1) is 0 Å². The average Bonchev–Trinajstić information content (AvgIpc) is 2.42. The lowest BCUT2D eigenvalue weighted by Crippen LogP contribution is -2.46. The molecule has 0 heterocycles. The van der Waals surface area contributed by atoms with Crippen molar-refractivity contribution in [2.45, 2.75) is 39.2 Å². The van der Waals surface area contributed by atoms with Gasteiger partial charge in [0, 0.05) is 5.56 Å². The van der Waals surface area contributed by atoms with Gasteiger partial charge in [0.05, 0.1) is 5.92 Å². The van der Waals surface area contributed by atoms with Crippen molar-refractivity contribution < 1.29 is 23.5 Å². The van der Waals surface area contributed by atoms with Crippen LogP contribution in [0.1, 0.15) is 38.7 Å². The van der Waals surface area contributed by atoms with Gasteiger partial charge in [0.15, 0.2) is 0 Å². The third kappa shape index (κ3) is 4.00. The van der Waals surface area contributed by atoms with Gasteiger partial charge >= 0.3 is 5.97 Å². The van der Waals surface area contributed by atoms with Gasteiger partial charge < -0.3 is 10.4 Å². The molecule has 4 nitrogen and oxygen atoms in total. The highest BCUT2D eigenvalue weighted by Gasteiger charge is 2.29. The predicted molar refractivity (Wildman–Crippen MR) is 73.8 cm³/mol. The largest absolute Gasteiger partial charge is 0.480 e. The number of hydrogen-bond donors (Lipinski definition) is 2. The van der Waals surface area contributed by atoms with Gasteiger partial charge in [0.1, 0.15) is 17.7 Å². The van der Waals surface area contributed by atoms with Crippen LogP contribution in [0.15, 0.2) is 18.2 Å². The van der Waals surface area contributed by atoms with Crippen LogP contribution in [-0.2, 0) is 9.59 Å². The van der Waals surface area contributed by atoms with Gasteiger partial charge in [0.2, 0.25) is 5.91 Å². The first kappa shape index (κ1) is 17.1. The summed E-state index contributed by atoms with van der Waals surface area (Å²) in [6.45, 7) is 4.83. The fraction of sp³-hybridized carbons (Fsp3) is 0.467. The predicted octanol–water partition coefficient (Wildman–Crippen LogP) is 2.68. The molecule has 0 saturated carbocycles. The molecule has 1 aromatic carbocycles. The topological polar surface area (TPSA) is 66.4 Å². The number of benzene rings is 1. The number of halogens is 2. The summed E-state index contributed by atoms with van der Waals surface area (Å²) in [5.41, 5.74) is -0.358. The zero-order valence-electron chi connectivity index (χ0n) is 12.2. The molecule has 0 saturated heterocycles. The Morgan fingerprint density at radius 2 is 1.76 bits per heavy atom. The molecule has 0 fully saturated rings. The van der Waals surface area contributed by atoms with Crippen molar-refractivity contribution in [2.24, 2.45) is 5.92 Å². The van der Waals surface area contributed by atoms with Crippen molar-refractivity contribution in [1.82, 2.24) is 5.32 Å². The normalized spacial score (nSPS) is 15.1. The molecule has 116 valence electrons. The summed E-state index contributed by atoms with van der Waals surface area (Å²) < 4.78 is 27.3. The van der Waals surface area contributed by atoms with Gasteiger partial charge in [-0.25, -0.2) is 13.6 Å². The summed E-state index contributed by atoms with van der Waals surface area (Å²) in [5.74, 6) is -4.94. The lowest BCUT2D eigenvalue weighted by molar-refractivity contribution is -0.143. The van der Waals surface area contributed by atoms with E-state index in [0.717, 1.165) is 12.1 Å². The molecule has 1 amide bonds. The van der Waals surface area contributed by atoms with Crippen molar-refractivity contribution in [2.75, 3.05) is 0 Å². The molecule has 1 rings (SSSR count). The minimum atomic E-state index is -1.17. The molecule has 0 aliphatic rings. The Hall–Kier alpha value is -1.98. The monoisotopic (exact) mass is 299 g/mol. The van der Waals surface area contributed by atoms with Crippen molar-refractivity contribution in [3.05, 3.63) is 35.4 Å². The van der Waals surface area contributed by atoms with E-state index in [-0.39, 0.29) is 11.5 Å². The maximum atomic E-state index is 13.6. The summed E-state index contributed by atoms with van der Waals surface area (Å²) in [4.78, 5) is 23.2. The minimum Gasteiger partial charge on any atom is -0.480 e. The summed E-state index contributed by atoms with van der Waals surface area (Å²) in [6, 6.07) is 2.24. The summed E-state index contributed by atoms with van der Waals surface area (Å²) in [5, 5.41) is 11.5. The molecule has 1 aromatic rings. The lowest BCUT2D eigenvalue weighted by atomic mass is 9.95. The molecule has 21 heavy (non-hydrogen) atoms. The molecule has 6 heteroatoms. The first-order valence-electron chi connectivity index (χ1n) is 6.76. The second-order valence-electron chi connectivity index (χ2n) is 5.07. The molecule has 3 atom stereocenters. The van der Waals surface area contributed by atoms with Crippen molar-refractivity contribution in [3.8, 4) is 0 Å². The fourth-order valence-corrected chi connectivity index (χ4v) is 2.02. The van der Waals surface area contributed by atoms with Crippen LogP contribution >= 0.6 is 0 Å². The van der Waals surface area contributed by atoms with Crippen molar-refractivity contribution in [1.29, 1.82) is 0 Å². The summed E-state index contributed by atoms with van der Waals surface area (Å²) in [6.07, 6.45) is 0.555. The maximum absolute atomic E-state index is 13.6. The summed E-state index contributed by atoms with van der Waals surface area (Å²) >= 11 is 0. The Kier molecular flexibility index (Phi) is 5.81. The van der Waals surface area contributed by atoms with Gasteiger partial charge in [0.25, 0.3) is 0 Å². The highest BCUT2D eigenvalue weighted by atomic mass is 19.1. The van der Waals surface area contributed by atoms with Crippen LogP contribution in [0.25, 0.3) is 0 Å². The number of amides is 1. The average molecular weight is 299 g/mol. The summed E-state index contributed by atoms with van der Waals surface area (Å²) in [7, 11) is 0. The van der Waals surface area contributed by atoms with Crippen LogP contribution in [0.3, 0.4) is 0 Å². The third-order valence-electron chi connectivity index (χ3n) is 3.60. The van der Waals surface area contributed by atoms with Crippen LogP contribution in [0, 0.1) is 17.6 Å². The number of rotatable bonds is 6. The van der Waals surface area contributed by atoms with E-state index in [1.54, 1.807) is 13.8 Å². The van der Waals surface area contributed by atoms with Crippen LogP contribution in [0.4, 0.5) is 8.78 Å². The number of carbonyl (C=O) groups excluding carboxylic acids is 1. The van der Waals surface area contributed by atoms with Crippen LogP contribution in [0.2, 0.25) is 0 Å². The molecule has 1 unspecified atom stereocenters. The number of nitrogens with one attached hydrogen (secondary N) is 1. The molecular formula is C15H19F2NO3. The molecule has 0 aromatic heterocycles. The van der Waals surface area contributed by atoms with E-state index >= 15 is 0 Å². The van der Waals surface area contributed by atoms with Crippen LogP contribution < -0.4 is 5.32 Å². The van der Waals surface area contributed by atoms with Crippen molar-refractivity contribution >= 4 is 11.9 Å². The third-order valence-corrected chi connectivity index (χ3v) is 3.60. The number of carbonyl (C=O) groups is 2. The second-order valence-corrected chi connectivity index (χ2v) is 5.07. The Morgan fingerprint density at radius 1 is 1.24 bits per heavy atom. The van der Waals surface area contributed by atoms with E-state index in [0.29, 0.717) is 6.42 Å². The van der Waals surface area contributed by atoms with E-state index in [4.69, 9.17) is 5.11 Å². The fourth-order valence-electron chi connectivity index (χ4n) is 2.02. The zero-order chi connectivity index (χ0) is 16.2. The smallest absolute Gasteiger partial charge is 0.326 e. The molecule has 0 radical (unpaired) electrons. The van der Waals surface area contributed by atoms with E-state index in [2.05, 4.69) is 5.32 Å². The number of carboxylic acids is 1. The van der Waals surface area contributed by atoms with Gasteiger partial charge in [-0.2, -0.15) is 0 Å². The van der Waals surface area contributed by atoms with Crippen LogP contribution in [-0.4, -0.2) is 23.0 Å². The van der Waals surface area contributed by atoms with E-state index in [1.807, 2.05) is 0 Å². The quantitative estimate of drug-likeness (QED) is 0.848. The lowest BCUT2D eigenvalue weighted by Gasteiger charge is -2.22. The number of aliphatic carboxylic acids is 1. The number of hydrogen-bond acceptors (Lipinski definition) is 2. The highest BCUT2D eigenvalue weighted by molar-refractivity contribution is 5.88. The molecule has 0 spiro atoms. The first-order chi connectivity index (χ1) is 9.79. The Labute approximate surface area is 122 Å². The van der Waals surface area contributed by atoms with Crippen LogP contribution in [0.5, 0.6) is 0 Å². The molecular weight excluding hydrogens is 280 g/mol. The zero-order valence-corrected chi connectivity index (χ0v) is 12.2. The van der Waals surface area contributed by atoms with Gasteiger partial charge in [-0.3, -0.25) is 4.79 Å². The molecule has 0 aliphatic carbocycles. The Bertz CT molecular complexity index is 513. The number of carboxylic acid groups (broad SMARTS) is 1. The molecule has 0 aliphatic heterocycles. The van der Waals surface area contributed by atoms with E-state index in [1.165, 1.54) is 13.0 Å². The minimum absolute atomic E-state index is 0.288. The second kappa shape index (κ2) is 7.15. The van der Waals surface area contributed by atoms with Gasteiger partial charge in [-0.1, -0.05) is 26.3 Å². The van der Waals surface area contributed by atoms with E-state index < -0.39 is 35.5 Å². The Balaban J connectivity index is 2.95. The van der Waals surface area contributed by atoms with E-state index in [9.17, 15) is 18.4 Å². The molecule has 2 N–H and O–H groups in total. The maximum Gasteiger partial charge on any atom is 0.326 e.